The van der Waals surface area contributed by atoms with Gasteiger partial charge in [-0.3, -0.25) is 9.59 Å². The molecule has 0 radical (unpaired) electrons. The van der Waals surface area contributed by atoms with Crippen LogP contribution in [0.15, 0.2) is 0 Å². The number of nitrogens with zero attached hydrogens (tertiary/aromatic N) is 1. The maximum Gasteiger partial charge on any atom is 0.248 e. The molecule has 1 rings (SSSR count). The lowest BCUT2D eigenvalue weighted by Gasteiger charge is -2.51. The van der Waals surface area contributed by atoms with Gasteiger partial charge in [0.1, 0.15) is 11.6 Å². The summed E-state index contributed by atoms with van der Waals surface area (Å²) in [5, 5.41) is 2.80. The van der Waals surface area contributed by atoms with Crippen molar-refractivity contribution < 1.29 is 9.59 Å². The van der Waals surface area contributed by atoms with Crippen LogP contribution in [0.4, 0.5) is 0 Å². The van der Waals surface area contributed by atoms with Crippen molar-refractivity contribution in [3.8, 4) is 0 Å². The first-order valence-corrected chi connectivity index (χ1v) is 6.91. The third-order valence-corrected chi connectivity index (χ3v) is 4.44. The van der Waals surface area contributed by atoms with E-state index < -0.39 is 5.54 Å². The van der Waals surface area contributed by atoms with Gasteiger partial charge in [0.2, 0.25) is 11.8 Å². The van der Waals surface area contributed by atoms with Crippen LogP contribution in [-0.2, 0) is 9.59 Å². The van der Waals surface area contributed by atoms with Gasteiger partial charge in [-0.1, -0.05) is 20.8 Å². The fourth-order valence-corrected chi connectivity index (χ4v) is 2.95. The Morgan fingerprint density at radius 1 is 1.17 bits per heavy atom. The molecule has 1 aliphatic heterocycles. The van der Waals surface area contributed by atoms with Crippen LogP contribution in [0, 0.1) is 0 Å². The van der Waals surface area contributed by atoms with E-state index in [-0.39, 0.29) is 23.4 Å². The Bertz CT molecular complexity index is 337. The lowest BCUT2D eigenvalue weighted by molar-refractivity contribution is -0.161. The van der Waals surface area contributed by atoms with Crippen LogP contribution in [0.1, 0.15) is 60.8 Å². The molecule has 0 aromatic rings. The highest BCUT2D eigenvalue weighted by Gasteiger charge is 2.50. The van der Waals surface area contributed by atoms with E-state index in [4.69, 9.17) is 0 Å². The van der Waals surface area contributed by atoms with Crippen LogP contribution in [0.3, 0.4) is 0 Å². The molecule has 2 amide bonds. The summed E-state index contributed by atoms with van der Waals surface area (Å²) in [7, 11) is 0. The van der Waals surface area contributed by atoms with Crippen molar-refractivity contribution in [2.45, 2.75) is 77.9 Å². The Balaban J connectivity index is 3.25. The summed E-state index contributed by atoms with van der Waals surface area (Å²) >= 11 is 0. The van der Waals surface area contributed by atoms with Crippen molar-refractivity contribution in [3.05, 3.63) is 0 Å². The van der Waals surface area contributed by atoms with E-state index in [1.807, 2.05) is 11.8 Å². The summed E-state index contributed by atoms with van der Waals surface area (Å²) in [4.78, 5) is 26.5. The molecule has 0 aromatic heterocycles. The number of hydrogen-bond acceptors (Lipinski definition) is 2. The zero-order valence-electron chi connectivity index (χ0n) is 12.5. The standard InChI is InChI=1S/C14H26N2O2/c1-7-14(8-2,9-3)16-10(4)11(17)15-13(5,6)12(16)18/h10H,7-9H2,1-6H3,(H,15,17). The minimum atomic E-state index is -0.797. The molecule has 0 spiro atoms. The van der Waals surface area contributed by atoms with E-state index in [1.54, 1.807) is 13.8 Å². The number of rotatable bonds is 4. The van der Waals surface area contributed by atoms with Crippen LogP contribution in [0.5, 0.6) is 0 Å². The molecule has 1 heterocycles. The molecule has 1 atom stereocenters. The summed E-state index contributed by atoms with van der Waals surface area (Å²) in [5.41, 5.74) is -1.00. The van der Waals surface area contributed by atoms with Gasteiger partial charge in [-0.2, -0.15) is 0 Å². The largest absolute Gasteiger partial charge is 0.340 e. The SMILES string of the molecule is CCC(CC)(CC)N1C(=O)C(C)(C)NC(=O)C1C. The van der Waals surface area contributed by atoms with Gasteiger partial charge in [0.15, 0.2) is 0 Å². The number of carbonyl (C=O) groups is 2. The second kappa shape index (κ2) is 4.90. The highest BCUT2D eigenvalue weighted by atomic mass is 16.2. The fourth-order valence-electron chi connectivity index (χ4n) is 2.95. The Labute approximate surface area is 110 Å². The maximum atomic E-state index is 12.6. The summed E-state index contributed by atoms with van der Waals surface area (Å²) < 4.78 is 0. The third-order valence-electron chi connectivity index (χ3n) is 4.44. The van der Waals surface area contributed by atoms with Crippen molar-refractivity contribution in [1.82, 2.24) is 10.2 Å². The van der Waals surface area contributed by atoms with Crippen molar-refractivity contribution in [2.24, 2.45) is 0 Å². The molecular weight excluding hydrogens is 228 g/mol. The molecule has 1 fully saturated rings. The van der Waals surface area contributed by atoms with E-state index in [0.717, 1.165) is 19.3 Å². The zero-order valence-corrected chi connectivity index (χ0v) is 12.5. The van der Waals surface area contributed by atoms with Gasteiger partial charge in [0.05, 0.1) is 0 Å². The molecule has 0 aliphatic carbocycles. The van der Waals surface area contributed by atoms with Crippen LogP contribution in [-0.4, -0.2) is 33.8 Å². The molecule has 1 saturated heterocycles. The van der Waals surface area contributed by atoms with E-state index in [0.29, 0.717) is 0 Å². The lowest BCUT2D eigenvalue weighted by Crippen LogP contribution is -2.72. The predicted octanol–water partition coefficient (Wildman–Crippen LogP) is 2.08. The van der Waals surface area contributed by atoms with Crippen molar-refractivity contribution in [2.75, 3.05) is 0 Å². The molecule has 18 heavy (non-hydrogen) atoms. The van der Waals surface area contributed by atoms with Gasteiger partial charge in [-0.05, 0) is 40.0 Å². The first-order valence-electron chi connectivity index (χ1n) is 6.91. The molecule has 1 unspecified atom stereocenters. The minimum absolute atomic E-state index is 0.0279. The Morgan fingerprint density at radius 3 is 2.00 bits per heavy atom. The number of hydrogen-bond donors (Lipinski definition) is 1. The molecule has 0 bridgehead atoms. The Hall–Kier alpha value is -1.06. The van der Waals surface area contributed by atoms with Gasteiger partial charge >= 0.3 is 0 Å². The molecule has 104 valence electrons. The quantitative estimate of drug-likeness (QED) is 0.835. The first-order chi connectivity index (χ1) is 8.25. The lowest BCUT2D eigenvalue weighted by atomic mass is 9.83. The first kappa shape index (κ1) is 15.0. The second-order valence-electron chi connectivity index (χ2n) is 5.75. The summed E-state index contributed by atoms with van der Waals surface area (Å²) in [5.74, 6) is -0.0283. The topological polar surface area (TPSA) is 49.4 Å². The average molecular weight is 254 g/mol. The summed E-state index contributed by atoms with van der Waals surface area (Å²) in [6, 6.07) is -0.384. The van der Waals surface area contributed by atoms with Gasteiger partial charge in [0.25, 0.3) is 0 Å². The van der Waals surface area contributed by atoms with Crippen LogP contribution in [0.25, 0.3) is 0 Å². The average Bonchev–Trinajstić information content (AvgIpc) is 2.32. The third kappa shape index (κ3) is 2.13. The van der Waals surface area contributed by atoms with Crippen molar-refractivity contribution in [1.29, 1.82) is 0 Å². The van der Waals surface area contributed by atoms with Crippen molar-refractivity contribution in [3.63, 3.8) is 0 Å². The van der Waals surface area contributed by atoms with E-state index >= 15 is 0 Å². The van der Waals surface area contributed by atoms with Gasteiger partial charge in [-0.25, -0.2) is 0 Å². The number of piperazine rings is 1. The van der Waals surface area contributed by atoms with Gasteiger partial charge in [0, 0.05) is 5.54 Å². The molecule has 1 aliphatic rings. The summed E-state index contributed by atoms with van der Waals surface area (Å²) in [6.45, 7) is 11.6. The predicted molar refractivity (Wildman–Crippen MR) is 72.1 cm³/mol. The monoisotopic (exact) mass is 254 g/mol. The summed E-state index contributed by atoms with van der Waals surface area (Å²) in [6.07, 6.45) is 2.62. The van der Waals surface area contributed by atoms with Crippen LogP contribution < -0.4 is 5.32 Å². The van der Waals surface area contributed by atoms with E-state index in [2.05, 4.69) is 26.1 Å². The van der Waals surface area contributed by atoms with E-state index in [1.165, 1.54) is 0 Å². The highest BCUT2D eigenvalue weighted by molar-refractivity contribution is 5.99. The Kier molecular flexibility index (Phi) is 4.08. The molecular formula is C14H26N2O2. The molecule has 1 N–H and O–H groups in total. The van der Waals surface area contributed by atoms with Crippen LogP contribution >= 0.6 is 0 Å². The number of nitrogens with one attached hydrogen (secondary N) is 1. The maximum absolute atomic E-state index is 12.6. The number of amides is 2. The highest BCUT2D eigenvalue weighted by Crippen LogP contribution is 2.34. The van der Waals surface area contributed by atoms with Crippen molar-refractivity contribution >= 4 is 11.8 Å². The second-order valence-corrected chi connectivity index (χ2v) is 5.75. The minimum Gasteiger partial charge on any atom is -0.340 e. The molecule has 4 heteroatoms. The zero-order chi connectivity index (χ0) is 14.1. The molecule has 4 nitrogen and oxygen atoms in total. The fraction of sp³-hybridized carbons (Fsp3) is 0.857. The van der Waals surface area contributed by atoms with E-state index in [9.17, 15) is 9.59 Å². The number of carbonyl (C=O) groups excluding carboxylic acids is 2. The van der Waals surface area contributed by atoms with Gasteiger partial charge in [-0.15, -0.1) is 0 Å². The smallest absolute Gasteiger partial charge is 0.248 e. The van der Waals surface area contributed by atoms with Gasteiger partial charge < -0.3 is 10.2 Å². The normalized spacial score (nSPS) is 24.1. The molecule has 0 saturated carbocycles. The Morgan fingerprint density at radius 2 is 1.61 bits per heavy atom. The molecule has 0 aromatic carbocycles. The van der Waals surface area contributed by atoms with Crippen LogP contribution in [0.2, 0.25) is 0 Å².